The minimum Gasteiger partial charge on any atom is -0.481 e. The third kappa shape index (κ3) is 6.03. The molecule has 0 spiro atoms. The molecule has 104 valence electrons. The van der Waals surface area contributed by atoms with Crippen LogP contribution in [0.4, 0.5) is 0 Å². The Balaban J connectivity index is 2.23. The molecule has 4 nitrogen and oxygen atoms in total. The molecule has 0 aromatic rings. The van der Waals surface area contributed by atoms with E-state index in [-0.39, 0.29) is 12.3 Å². The number of rotatable bonds is 6. The molecular formula is C14H25NO3. The molecule has 1 saturated carbocycles. The largest absolute Gasteiger partial charge is 0.481 e. The number of carboxylic acids is 1. The van der Waals surface area contributed by atoms with Crippen LogP contribution in [0.15, 0.2) is 0 Å². The minimum atomic E-state index is -0.792. The standard InChI is InChI=1S/C14H25NO3/c1-15(10-6-9-14(17)18)13(16)11-12-7-4-2-3-5-8-12/h12H,2-11H2,1H3,(H,17,18). The highest BCUT2D eigenvalue weighted by Gasteiger charge is 2.18. The zero-order valence-corrected chi connectivity index (χ0v) is 11.4. The Morgan fingerprint density at radius 1 is 1.17 bits per heavy atom. The quantitative estimate of drug-likeness (QED) is 0.742. The fourth-order valence-electron chi connectivity index (χ4n) is 2.56. The molecule has 1 aliphatic carbocycles. The van der Waals surface area contributed by atoms with Gasteiger partial charge >= 0.3 is 5.97 Å². The first-order chi connectivity index (χ1) is 8.59. The third-order valence-corrected chi connectivity index (χ3v) is 3.75. The fourth-order valence-corrected chi connectivity index (χ4v) is 2.56. The summed E-state index contributed by atoms with van der Waals surface area (Å²) in [6.07, 6.45) is 8.79. The molecule has 0 aromatic heterocycles. The van der Waals surface area contributed by atoms with E-state index in [1.54, 1.807) is 11.9 Å². The maximum absolute atomic E-state index is 12.0. The lowest BCUT2D eigenvalue weighted by Crippen LogP contribution is -2.29. The molecule has 1 amide bonds. The molecule has 1 fully saturated rings. The van der Waals surface area contributed by atoms with Crippen LogP contribution in [0.25, 0.3) is 0 Å². The van der Waals surface area contributed by atoms with Crippen molar-refractivity contribution in [3.8, 4) is 0 Å². The number of hydrogen-bond acceptors (Lipinski definition) is 2. The molecule has 1 rings (SSSR count). The summed E-state index contributed by atoms with van der Waals surface area (Å²) in [6.45, 7) is 0.553. The van der Waals surface area contributed by atoms with E-state index in [2.05, 4.69) is 0 Å². The van der Waals surface area contributed by atoms with Gasteiger partial charge in [-0.2, -0.15) is 0 Å². The van der Waals surface area contributed by atoms with Crippen molar-refractivity contribution in [3.05, 3.63) is 0 Å². The molecule has 1 aliphatic rings. The molecule has 1 N–H and O–H groups in total. The van der Waals surface area contributed by atoms with Crippen molar-refractivity contribution in [3.63, 3.8) is 0 Å². The van der Waals surface area contributed by atoms with E-state index in [0.717, 1.165) is 0 Å². The molecule has 0 aromatic carbocycles. The van der Waals surface area contributed by atoms with Gasteiger partial charge in [0.25, 0.3) is 0 Å². The molecule has 0 unspecified atom stereocenters. The average Bonchev–Trinajstić information content (AvgIpc) is 2.57. The minimum absolute atomic E-state index is 0.140. The second-order valence-electron chi connectivity index (χ2n) is 5.37. The molecule has 0 atom stereocenters. The average molecular weight is 255 g/mol. The van der Waals surface area contributed by atoms with Gasteiger partial charge in [-0.25, -0.2) is 0 Å². The number of aliphatic carboxylic acids is 1. The van der Waals surface area contributed by atoms with Crippen molar-refractivity contribution in [1.82, 2.24) is 4.90 Å². The second kappa shape index (κ2) is 8.11. The van der Waals surface area contributed by atoms with Crippen LogP contribution in [0, 0.1) is 5.92 Å². The molecule has 0 aliphatic heterocycles. The monoisotopic (exact) mass is 255 g/mol. The van der Waals surface area contributed by atoms with Gasteiger partial charge in [0.05, 0.1) is 0 Å². The molecule has 4 heteroatoms. The van der Waals surface area contributed by atoms with Gasteiger partial charge in [-0.3, -0.25) is 9.59 Å². The third-order valence-electron chi connectivity index (χ3n) is 3.75. The molecule has 0 heterocycles. The van der Waals surface area contributed by atoms with E-state index in [4.69, 9.17) is 5.11 Å². The summed E-state index contributed by atoms with van der Waals surface area (Å²) in [5.41, 5.74) is 0. The second-order valence-corrected chi connectivity index (χ2v) is 5.37. The summed E-state index contributed by atoms with van der Waals surface area (Å²) in [5, 5.41) is 8.55. The van der Waals surface area contributed by atoms with E-state index >= 15 is 0 Å². The predicted octanol–water partition coefficient (Wildman–Crippen LogP) is 2.67. The number of amides is 1. The Labute approximate surface area is 109 Å². The lowest BCUT2D eigenvalue weighted by atomic mass is 9.96. The Morgan fingerprint density at radius 2 is 1.78 bits per heavy atom. The van der Waals surface area contributed by atoms with Gasteiger partial charge in [0.2, 0.25) is 5.91 Å². The van der Waals surface area contributed by atoms with Gasteiger partial charge in [-0.15, -0.1) is 0 Å². The topological polar surface area (TPSA) is 57.6 Å². The van der Waals surface area contributed by atoms with Crippen LogP contribution < -0.4 is 0 Å². The maximum atomic E-state index is 12.0. The highest BCUT2D eigenvalue weighted by Crippen LogP contribution is 2.25. The summed E-state index contributed by atoms with van der Waals surface area (Å²) in [6, 6.07) is 0. The Morgan fingerprint density at radius 3 is 2.33 bits per heavy atom. The van der Waals surface area contributed by atoms with Crippen LogP contribution >= 0.6 is 0 Å². The first-order valence-electron chi connectivity index (χ1n) is 7.05. The van der Waals surface area contributed by atoms with Crippen molar-refractivity contribution in [2.75, 3.05) is 13.6 Å². The Bertz CT molecular complexity index is 270. The highest BCUT2D eigenvalue weighted by molar-refractivity contribution is 5.76. The zero-order valence-electron chi connectivity index (χ0n) is 11.4. The summed E-state index contributed by atoms with van der Waals surface area (Å²) in [5.74, 6) is -0.0752. The number of nitrogens with zero attached hydrogens (tertiary/aromatic N) is 1. The SMILES string of the molecule is CN(CCCC(=O)O)C(=O)CC1CCCCCC1. The lowest BCUT2D eigenvalue weighted by Gasteiger charge is -2.20. The Hall–Kier alpha value is -1.06. The van der Waals surface area contributed by atoms with Gasteiger partial charge in [-0.05, 0) is 25.2 Å². The normalized spacial score (nSPS) is 17.2. The van der Waals surface area contributed by atoms with Crippen molar-refractivity contribution >= 4 is 11.9 Å². The summed E-state index contributed by atoms with van der Waals surface area (Å²) >= 11 is 0. The maximum Gasteiger partial charge on any atom is 0.303 e. The first-order valence-corrected chi connectivity index (χ1v) is 7.05. The van der Waals surface area contributed by atoms with Gasteiger partial charge in [0.15, 0.2) is 0 Å². The summed E-state index contributed by atoms with van der Waals surface area (Å²) < 4.78 is 0. The van der Waals surface area contributed by atoms with E-state index in [1.165, 1.54) is 38.5 Å². The van der Waals surface area contributed by atoms with E-state index in [1.807, 2.05) is 0 Å². The first kappa shape index (κ1) is 15.0. The van der Waals surface area contributed by atoms with E-state index < -0.39 is 5.97 Å². The molecular weight excluding hydrogens is 230 g/mol. The fraction of sp³-hybridized carbons (Fsp3) is 0.857. The molecule has 0 bridgehead atoms. The summed E-state index contributed by atoms with van der Waals surface area (Å²) in [7, 11) is 1.78. The van der Waals surface area contributed by atoms with Gasteiger partial charge in [-0.1, -0.05) is 25.7 Å². The lowest BCUT2D eigenvalue weighted by molar-refractivity contribution is -0.138. The van der Waals surface area contributed by atoms with Crippen molar-refractivity contribution in [1.29, 1.82) is 0 Å². The summed E-state index contributed by atoms with van der Waals surface area (Å²) in [4.78, 5) is 24.1. The zero-order chi connectivity index (χ0) is 13.4. The van der Waals surface area contributed by atoms with Gasteiger partial charge in [0, 0.05) is 26.4 Å². The van der Waals surface area contributed by atoms with Crippen molar-refractivity contribution in [2.24, 2.45) is 5.92 Å². The van der Waals surface area contributed by atoms with E-state index in [9.17, 15) is 9.59 Å². The van der Waals surface area contributed by atoms with Crippen LogP contribution in [-0.4, -0.2) is 35.5 Å². The molecule has 0 radical (unpaired) electrons. The number of hydrogen-bond donors (Lipinski definition) is 1. The van der Waals surface area contributed by atoms with Crippen LogP contribution in [0.2, 0.25) is 0 Å². The number of carbonyl (C=O) groups is 2. The van der Waals surface area contributed by atoms with Crippen LogP contribution in [0.3, 0.4) is 0 Å². The smallest absolute Gasteiger partial charge is 0.303 e. The van der Waals surface area contributed by atoms with Crippen LogP contribution in [-0.2, 0) is 9.59 Å². The predicted molar refractivity (Wildman–Crippen MR) is 70.3 cm³/mol. The van der Waals surface area contributed by atoms with Crippen LogP contribution in [0.5, 0.6) is 0 Å². The van der Waals surface area contributed by atoms with Crippen molar-refractivity contribution < 1.29 is 14.7 Å². The number of carbonyl (C=O) groups excluding carboxylic acids is 1. The Kier molecular flexibility index (Phi) is 6.76. The molecule has 18 heavy (non-hydrogen) atoms. The number of carboxylic acid groups (broad SMARTS) is 1. The van der Waals surface area contributed by atoms with Crippen LogP contribution in [0.1, 0.15) is 57.8 Å². The van der Waals surface area contributed by atoms with Crippen molar-refractivity contribution in [2.45, 2.75) is 57.8 Å². The van der Waals surface area contributed by atoms with E-state index in [0.29, 0.717) is 25.3 Å². The van der Waals surface area contributed by atoms with Gasteiger partial charge in [0.1, 0.15) is 0 Å². The highest BCUT2D eigenvalue weighted by atomic mass is 16.4. The van der Waals surface area contributed by atoms with Gasteiger partial charge < -0.3 is 10.0 Å². The molecule has 0 saturated heterocycles.